The van der Waals surface area contributed by atoms with E-state index in [0.717, 1.165) is 53.6 Å². The number of imidazole rings is 1. The van der Waals surface area contributed by atoms with E-state index >= 15 is 0 Å². The van der Waals surface area contributed by atoms with Gasteiger partial charge >= 0.3 is 0 Å². The van der Waals surface area contributed by atoms with Gasteiger partial charge in [-0.2, -0.15) is 0 Å². The van der Waals surface area contributed by atoms with Crippen LogP contribution in [0.1, 0.15) is 34.6 Å². The van der Waals surface area contributed by atoms with Gasteiger partial charge in [0.2, 0.25) is 0 Å². The van der Waals surface area contributed by atoms with Crippen LogP contribution >= 0.6 is 0 Å². The summed E-state index contributed by atoms with van der Waals surface area (Å²) in [5.74, 6) is 2.75. The van der Waals surface area contributed by atoms with Gasteiger partial charge in [-0.15, -0.1) is 0 Å². The van der Waals surface area contributed by atoms with Crippen LogP contribution in [-0.2, 0) is 13.1 Å². The van der Waals surface area contributed by atoms with Gasteiger partial charge in [0.05, 0.1) is 17.6 Å². The van der Waals surface area contributed by atoms with Crippen LogP contribution in [0.5, 0.6) is 0 Å². The van der Waals surface area contributed by atoms with Crippen molar-refractivity contribution in [1.29, 1.82) is 0 Å². The van der Waals surface area contributed by atoms with E-state index in [9.17, 15) is 4.79 Å². The van der Waals surface area contributed by atoms with Crippen molar-refractivity contribution in [2.75, 3.05) is 30.4 Å². The zero-order valence-electron chi connectivity index (χ0n) is 18.7. The zero-order chi connectivity index (χ0) is 22.8. The topological polar surface area (TPSA) is 101 Å². The maximum atomic E-state index is 12.3. The Bertz CT molecular complexity index is 1300. The second-order valence-electron chi connectivity index (χ2n) is 8.18. The summed E-state index contributed by atoms with van der Waals surface area (Å²) in [6, 6.07) is 9.72. The summed E-state index contributed by atoms with van der Waals surface area (Å²) in [4.78, 5) is 32.4. The molecule has 4 aromatic rings. The summed E-state index contributed by atoms with van der Waals surface area (Å²) in [6.45, 7) is 5.32. The highest BCUT2D eigenvalue weighted by atomic mass is 16.1. The van der Waals surface area contributed by atoms with Crippen molar-refractivity contribution >= 4 is 28.4 Å². The SMILES string of the molecule is CNC(=O)c1ccnc2c(C(C)CNc3cc(N4CCn5ccnc5C4)ncn3)cccc12. The largest absolute Gasteiger partial charge is 0.369 e. The van der Waals surface area contributed by atoms with Gasteiger partial charge in [0.25, 0.3) is 5.91 Å². The summed E-state index contributed by atoms with van der Waals surface area (Å²) in [5, 5.41) is 7.00. The minimum Gasteiger partial charge on any atom is -0.369 e. The van der Waals surface area contributed by atoms with Crippen molar-refractivity contribution in [2.45, 2.75) is 25.9 Å². The Balaban J connectivity index is 1.32. The van der Waals surface area contributed by atoms with Gasteiger partial charge in [-0.25, -0.2) is 15.0 Å². The predicted molar refractivity (Wildman–Crippen MR) is 127 cm³/mol. The van der Waals surface area contributed by atoms with Gasteiger partial charge in [-0.3, -0.25) is 9.78 Å². The van der Waals surface area contributed by atoms with Crippen LogP contribution in [0.4, 0.5) is 11.6 Å². The maximum absolute atomic E-state index is 12.3. The van der Waals surface area contributed by atoms with Crippen molar-refractivity contribution in [3.05, 3.63) is 72.2 Å². The molecule has 1 amide bonds. The second kappa shape index (κ2) is 8.85. The minimum absolute atomic E-state index is 0.112. The van der Waals surface area contributed by atoms with Crippen LogP contribution in [0, 0.1) is 0 Å². The molecule has 5 rings (SSSR count). The fourth-order valence-corrected chi connectivity index (χ4v) is 4.28. The first-order valence-corrected chi connectivity index (χ1v) is 11.0. The number of pyridine rings is 1. The Morgan fingerprint density at radius 1 is 1.12 bits per heavy atom. The number of aromatic nitrogens is 5. The van der Waals surface area contributed by atoms with Crippen LogP contribution < -0.4 is 15.5 Å². The fraction of sp³-hybridized carbons (Fsp3) is 0.292. The molecule has 0 radical (unpaired) electrons. The third-order valence-corrected chi connectivity index (χ3v) is 6.12. The number of nitrogens with one attached hydrogen (secondary N) is 2. The zero-order valence-corrected chi connectivity index (χ0v) is 18.7. The molecule has 1 aliphatic heterocycles. The van der Waals surface area contributed by atoms with E-state index in [2.05, 4.69) is 53.0 Å². The number of benzene rings is 1. The van der Waals surface area contributed by atoms with Gasteiger partial charge in [-0.1, -0.05) is 25.1 Å². The molecule has 4 heterocycles. The Labute approximate surface area is 191 Å². The molecule has 9 nitrogen and oxygen atoms in total. The lowest BCUT2D eigenvalue weighted by atomic mass is 9.96. The van der Waals surface area contributed by atoms with E-state index in [-0.39, 0.29) is 11.8 Å². The van der Waals surface area contributed by atoms with E-state index < -0.39 is 0 Å². The molecule has 0 aliphatic carbocycles. The summed E-state index contributed by atoms with van der Waals surface area (Å²) in [5.41, 5.74) is 2.56. The number of carbonyl (C=O) groups excluding carboxylic acids is 1. The Hall–Kier alpha value is -4.01. The number of rotatable bonds is 6. The first-order valence-electron chi connectivity index (χ1n) is 11.0. The van der Waals surface area contributed by atoms with E-state index in [1.165, 1.54) is 0 Å². The molecular weight excluding hydrogens is 416 g/mol. The molecule has 9 heteroatoms. The number of amides is 1. The number of carbonyl (C=O) groups is 1. The fourth-order valence-electron chi connectivity index (χ4n) is 4.28. The standard InChI is InChI=1S/C24H26N8O/c1-16(17-4-3-5-18-19(24(33)25-2)6-7-27-23(17)18)13-28-20-12-21(30-15-29-20)32-11-10-31-9-8-26-22(31)14-32/h3-9,12,15-16H,10-11,13-14H2,1-2H3,(H,25,33)(H,28,29,30). The molecule has 0 bridgehead atoms. The number of hydrogen-bond donors (Lipinski definition) is 2. The Kier molecular flexibility index (Phi) is 5.60. The number of para-hydroxylation sites is 1. The van der Waals surface area contributed by atoms with Gasteiger partial charge < -0.3 is 20.1 Å². The average Bonchev–Trinajstić information content (AvgIpc) is 3.34. The first-order chi connectivity index (χ1) is 16.1. The molecule has 33 heavy (non-hydrogen) atoms. The Morgan fingerprint density at radius 2 is 2.03 bits per heavy atom. The summed E-state index contributed by atoms with van der Waals surface area (Å²) in [6.07, 6.45) is 7.14. The van der Waals surface area contributed by atoms with Gasteiger partial charge in [-0.05, 0) is 11.6 Å². The quantitative estimate of drug-likeness (QED) is 0.473. The van der Waals surface area contributed by atoms with Crippen molar-refractivity contribution in [1.82, 2.24) is 29.8 Å². The van der Waals surface area contributed by atoms with Crippen molar-refractivity contribution in [3.63, 3.8) is 0 Å². The van der Waals surface area contributed by atoms with E-state index in [4.69, 9.17) is 0 Å². The third kappa shape index (κ3) is 4.09. The smallest absolute Gasteiger partial charge is 0.251 e. The van der Waals surface area contributed by atoms with Crippen molar-refractivity contribution in [2.24, 2.45) is 0 Å². The lowest BCUT2D eigenvalue weighted by Crippen LogP contribution is -2.34. The monoisotopic (exact) mass is 442 g/mol. The minimum atomic E-state index is -0.112. The van der Waals surface area contributed by atoms with Crippen LogP contribution in [0.3, 0.4) is 0 Å². The molecule has 2 N–H and O–H groups in total. The lowest BCUT2D eigenvalue weighted by Gasteiger charge is -2.28. The number of anilines is 2. The number of fused-ring (bicyclic) bond motifs is 2. The average molecular weight is 443 g/mol. The molecule has 0 spiro atoms. The normalized spacial score (nSPS) is 14.1. The van der Waals surface area contributed by atoms with Gasteiger partial charge in [0.1, 0.15) is 23.8 Å². The summed E-state index contributed by atoms with van der Waals surface area (Å²) >= 11 is 0. The number of nitrogens with zero attached hydrogens (tertiary/aromatic N) is 6. The van der Waals surface area contributed by atoms with Crippen molar-refractivity contribution in [3.8, 4) is 0 Å². The summed E-state index contributed by atoms with van der Waals surface area (Å²) in [7, 11) is 1.64. The molecule has 168 valence electrons. The van der Waals surface area contributed by atoms with E-state index in [0.29, 0.717) is 12.1 Å². The molecule has 0 saturated carbocycles. The van der Waals surface area contributed by atoms with Crippen LogP contribution in [0.15, 0.2) is 55.2 Å². The molecule has 0 fully saturated rings. The first kappa shape index (κ1) is 20.9. The Morgan fingerprint density at radius 3 is 2.91 bits per heavy atom. The third-order valence-electron chi connectivity index (χ3n) is 6.12. The maximum Gasteiger partial charge on any atom is 0.251 e. The van der Waals surface area contributed by atoms with Gasteiger partial charge in [0.15, 0.2) is 0 Å². The van der Waals surface area contributed by atoms with Crippen molar-refractivity contribution < 1.29 is 4.79 Å². The second-order valence-corrected chi connectivity index (χ2v) is 8.18. The van der Waals surface area contributed by atoms with E-state index in [1.807, 2.05) is 30.6 Å². The van der Waals surface area contributed by atoms with Gasteiger partial charge in [0, 0.05) is 62.6 Å². The molecule has 1 aromatic carbocycles. The highest BCUT2D eigenvalue weighted by molar-refractivity contribution is 6.06. The molecule has 1 unspecified atom stereocenters. The molecule has 1 aliphatic rings. The van der Waals surface area contributed by atoms with Crippen LogP contribution in [0.2, 0.25) is 0 Å². The highest BCUT2D eigenvalue weighted by Crippen LogP contribution is 2.27. The summed E-state index contributed by atoms with van der Waals surface area (Å²) < 4.78 is 2.17. The molecule has 0 saturated heterocycles. The molecule has 1 atom stereocenters. The molecule has 3 aromatic heterocycles. The number of hydrogen-bond acceptors (Lipinski definition) is 7. The predicted octanol–water partition coefficient (Wildman–Crippen LogP) is 2.82. The van der Waals surface area contributed by atoms with E-state index in [1.54, 1.807) is 25.6 Å². The highest BCUT2D eigenvalue weighted by Gasteiger charge is 2.19. The van der Waals surface area contributed by atoms with Crippen LogP contribution in [-0.4, -0.2) is 50.5 Å². The molecular formula is C24H26N8O. The lowest BCUT2D eigenvalue weighted by molar-refractivity contribution is 0.0964. The van der Waals surface area contributed by atoms with Crippen LogP contribution in [0.25, 0.3) is 10.9 Å².